The third-order valence-corrected chi connectivity index (χ3v) is 2.79. The van der Waals surface area contributed by atoms with Crippen LogP contribution in [0.4, 0.5) is 17.1 Å². The zero-order chi connectivity index (χ0) is 13.8. The van der Waals surface area contributed by atoms with Gasteiger partial charge in [-0.25, -0.2) is 0 Å². The summed E-state index contributed by atoms with van der Waals surface area (Å²) in [5.74, 6) is -0.0951. The second kappa shape index (κ2) is 5.95. The van der Waals surface area contributed by atoms with Gasteiger partial charge in [0.1, 0.15) is 0 Å². The Balaban J connectivity index is 2.12. The first kappa shape index (κ1) is 13.7. The van der Waals surface area contributed by atoms with E-state index in [0.29, 0.717) is 10.0 Å². The summed E-state index contributed by atoms with van der Waals surface area (Å²) in [6, 6.07) is 12.6. The molecule has 0 aliphatic heterocycles. The Bertz CT molecular complexity index is 577. The smallest absolute Gasteiger partial charge is 0.221 e. The van der Waals surface area contributed by atoms with Crippen LogP contribution < -0.4 is 10.6 Å². The average molecular weight is 295 g/mol. The zero-order valence-electron chi connectivity index (χ0n) is 10.2. The predicted octanol–water partition coefficient (Wildman–Crippen LogP) is 4.70. The lowest BCUT2D eigenvalue weighted by atomic mass is 10.2. The summed E-state index contributed by atoms with van der Waals surface area (Å²) in [5.41, 5.74) is 2.44. The van der Waals surface area contributed by atoms with Gasteiger partial charge in [-0.3, -0.25) is 4.79 Å². The molecule has 98 valence electrons. The molecule has 5 heteroatoms. The summed E-state index contributed by atoms with van der Waals surface area (Å²) >= 11 is 11.9. The van der Waals surface area contributed by atoms with Crippen LogP contribution in [-0.4, -0.2) is 5.91 Å². The lowest BCUT2D eigenvalue weighted by molar-refractivity contribution is -0.114. The lowest BCUT2D eigenvalue weighted by Gasteiger charge is -2.08. The van der Waals surface area contributed by atoms with Crippen molar-refractivity contribution in [1.29, 1.82) is 0 Å². The summed E-state index contributed by atoms with van der Waals surface area (Å²) in [7, 11) is 0. The normalized spacial score (nSPS) is 10.1. The molecule has 0 saturated heterocycles. The summed E-state index contributed by atoms with van der Waals surface area (Å²) in [6.07, 6.45) is 0. The van der Waals surface area contributed by atoms with E-state index in [9.17, 15) is 4.79 Å². The minimum atomic E-state index is -0.0951. The Morgan fingerprint density at radius 2 is 1.42 bits per heavy atom. The molecule has 3 nitrogen and oxygen atoms in total. The van der Waals surface area contributed by atoms with Crippen molar-refractivity contribution in [2.24, 2.45) is 0 Å². The fraction of sp³-hybridized carbons (Fsp3) is 0.0714. The number of rotatable bonds is 3. The van der Waals surface area contributed by atoms with Crippen molar-refractivity contribution in [2.45, 2.75) is 6.92 Å². The Kier molecular flexibility index (Phi) is 4.30. The predicted molar refractivity (Wildman–Crippen MR) is 80.5 cm³/mol. The van der Waals surface area contributed by atoms with Crippen molar-refractivity contribution in [3.05, 3.63) is 52.5 Å². The highest BCUT2D eigenvalue weighted by molar-refractivity contribution is 6.35. The first-order valence-corrected chi connectivity index (χ1v) is 6.39. The van der Waals surface area contributed by atoms with E-state index in [2.05, 4.69) is 10.6 Å². The van der Waals surface area contributed by atoms with E-state index in [4.69, 9.17) is 23.2 Å². The topological polar surface area (TPSA) is 41.1 Å². The number of amides is 1. The maximum absolute atomic E-state index is 10.9. The van der Waals surface area contributed by atoms with Gasteiger partial charge in [0.15, 0.2) is 0 Å². The van der Waals surface area contributed by atoms with E-state index in [-0.39, 0.29) is 5.91 Å². The van der Waals surface area contributed by atoms with Crippen LogP contribution in [0.2, 0.25) is 10.0 Å². The molecule has 0 aliphatic carbocycles. The third kappa shape index (κ3) is 4.16. The molecule has 0 atom stereocenters. The number of hydrogen-bond donors (Lipinski definition) is 2. The molecule has 2 aromatic carbocycles. The molecule has 0 aromatic heterocycles. The van der Waals surface area contributed by atoms with Crippen molar-refractivity contribution >= 4 is 46.2 Å². The lowest BCUT2D eigenvalue weighted by Crippen LogP contribution is -2.05. The van der Waals surface area contributed by atoms with Crippen LogP contribution in [0.15, 0.2) is 42.5 Å². The van der Waals surface area contributed by atoms with Crippen molar-refractivity contribution in [1.82, 2.24) is 0 Å². The molecule has 0 unspecified atom stereocenters. The number of carbonyl (C=O) groups excluding carboxylic acids is 1. The molecular formula is C14H12Cl2N2O. The zero-order valence-corrected chi connectivity index (χ0v) is 11.7. The summed E-state index contributed by atoms with van der Waals surface area (Å²) in [4.78, 5) is 10.9. The van der Waals surface area contributed by atoms with Crippen molar-refractivity contribution in [3.8, 4) is 0 Å². The van der Waals surface area contributed by atoms with E-state index < -0.39 is 0 Å². The first-order chi connectivity index (χ1) is 9.02. The molecule has 0 bridgehead atoms. The molecule has 19 heavy (non-hydrogen) atoms. The van der Waals surface area contributed by atoms with Crippen LogP contribution in [0, 0.1) is 0 Å². The Labute approximate surface area is 121 Å². The second-order valence-electron chi connectivity index (χ2n) is 4.04. The minimum Gasteiger partial charge on any atom is -0.355 e. The quantitative estimate of drug-likeness (QED) is 0.862. The molecule has 2 rings (SSSR count). The number of carbonyl (C=O) groups is 1. The fourth-order valence-electron chi connectivity index (χ4n) is 1.63. The van der Waals surface area contributed by atoms with Gasteiger partial charge >= 0.3 is 0 Å². The Morgan fingerprint density at radius 1 is 0.895 bits per heavy atom. The molecule has 0 fully saturated rings. The van der Waals surface area contributed by atoms with E-state index in [1.165, 1.54) is 6.92 Å². The van der Waals surface area contributed by atoms with Crippen molar-refractivity contribution < 1.29 is 4.79 Å². The molecule has 0 spiro atoms. The van der Waals surface area contributed by atoms with Crippen LogP contribution in [0.25, 0.3) is 0 Å². The highest BCUT2D eigenvalue weighted by Crippen LogP contribution is 2.25. The van der Waals surface area contributed by atoms with Crippen molar-refractivity contribution in [2.75, 3.05) is 10.6 Å². The fourth-order valence-corrected chi connectivity index (χ4v) is 2.16. The maximum atomic E-state index is 10.9. The van der Waals surface area contributed by atoms with Gasteiger partial charge in [-0.1, -0.05) is 23.2 Å². The van der Waals surface area contributed by atoms with E-state index in [1.54, 1.807) is 18.2 Å². The monoisotopic (exact) mass is 294 g/mol. The average Bonchev–Trinajstić information content (AvgIpc) is 2.29. The second-order valence-corrected chi connectivity index (χ2v) is 4.91. The highest BCUT2D eigenvalue weighted by Gasteiger charge is 2.00. The number of nitrogens with one attached hydrogen (secondary N) is 2. The summed E-state index contributed by atoms with van der Waals surface area (Å²) < 4.78 is 0. The van der Waals surface area contributed by atoms with Gasteiger partial charge in [0, 0.05) is 34.0 Å². The van der Waals surface area contributed by atoms with Crippen molar-refractivity contribution in [3.63, 3.8) is 0 Å². The highest BCUT2D eigenvalue weighted by atomic mass is 35.5. The number of halogens is 2. The molecule has 2 N–H and O–H groups in total. The Morgan fingerprint density at radius 3 is 1.95 bits per heavy atom. The standard InChI is InChI=1S/C14H12Cl2N2O/c1-9(19)17-12-2-4-13(5-3-12)18-14-7-10(15)6-11(16)8-14/h2-8,18H,1H3,(H,17,19). The molecule has 0 heterocycles. The van der Waals surface area contributed by atoms with Crippen LogP contribution in [-0.2, 0) is 4.79 Å². The van der Waals surface area contributed by atoms with Gasteiger partial charge in [-0.2, -0.15) is 0 Å². The molecule has 0 saturated carbocycles. The van der Waals surface area contributed by atoms with E-state index >= 15 is 0 Å². The molecule has 0 aliphatic rings. The maximum Gasteiger partial charge on any atom is 0.221 e. The molecule has 0 radical (unpaired) electrons. The van der Waals surface area contributed by atoms with Gasteiger partial charge in [-0.15, -0.1) is 0 Å². The van der Waals surface area contributed by atoms with Gasteiger partial charge in [0.2, 0.25) is 5.91 Å². The van der Waals surface area contributed by atoms with Crippen LogP contribution in [0.5, 0.6) is 0 Å². The van der Waals surface area contributed by atoms with Gasteiger partial charge in [0.25, 0.3) is 0 Å². The van der Waals surface area contributed by atoms with E-state index in [0.717, 1.165) is 17.1 Å². The number of hydrogen-bond acceptors (Lipinski definition) is 2. The van der Waals surface area contributed by atoms with Crippen LogP contribution >= 0.6 is 23.2 Å². The van der Waals surface area contributed by atoms with Crippen LogP contribution in [0.1, 0.15) is 6.92 Å². The first-order valence-electron chi connectivity index (χ1n) is 5.64. The van der Waals surface area contributed by atoms with Crippen LogP contribution in [0.3, 0.4) is 0 Å². The number of anilines is 3. The molecule has 2 aromatic rings. The van der Waals surface area contributed by atoms with Gasteiger partial charge in [-0.05, 0) is 42.5 Å². The summed E-state index contributed by atoms with van der Waals surface area (Å²) in [6.45, 7) is 1.47. The minimum absolute atomic E-state index is 0.0951. The van der Waals surface area contributed by atoms with Gasteiger partial charge in [0.05, 0.1) is 0 Å². The Hall–Kier alpha value is -1.71. The van der Waals surface area contributed by atoms with E-state index in [1.807, 2.05) is 24.3 Å². The van der Waals surface area contributed by atoms with Gasteiger partial charge < -0.3 is 10.6 Å². The third-order valence-electron chi connectivity index (χ3n) is 2.36. The molecule has 1 amide bonds. The molecular weight excluding hydrogens is 283 g/mol. The largest absolute Gasteiger partial charge is 0.355 e. The SMILES string of the molecule is CC(=O)Nc1ccc(Nc2cc(Cl)cc(Cl)c2)cc1. The number of benzene rings is 2. The summed E-state index contributed by atoms with van der Waals surface area (Å²) in [5, 5.41) is 7.04.